The minimum atomic E-state index is -0.230. The molecule has 0 spiro atoms. The molecule has 0 saturated carbocycles. The second-order valence-electron chi connectivity index (χ2n) is 8.91. The van der Waals surface area contributed by atoms with E-state index >= 15 is 0 Å². The molecule has 0 N–H and O–H groups in total. The van der Waals surface area contributed by atoms with Gasteiger partial charge in [0.25, 0.3) is 5.91 Å². The Balaban J connectivity index is 1.28. The predicted octanol–water partition coefficient (Wildman–Crippen LogP) is 8.96. The van der Waals surface area contributed by atoms with Crippen molar-refractivity contribution in [3.63, 3.8) is 0 Å². The summed E-state index contributed by atoms with van der Waals surface area (Å²) in [7, 11) is 0. The number of aliphatic imine (C=N–C) groups is 1. The van der Waals surface area contributed by atoms with Crippen LogP contribution in [0.4, 0.5) is 28.4 Å². The van der Waals surface area contributed by atoms with E-state index in [0.29, 0.717) is 10.1 Å². The van der Waals surface area contributed by atoms with Gasteiger partial charge < -0.3 is 4.90 Å². The van der Waals surface area contributed by atoms with Gasteiger partial charge in [-0.05, 0) is 84.1 Å². The van der Waals surface area contributed by atoms with Gasteiger partial charge in [-0.1, -0.05) is 84.9 Å². The molecule has 0 aromatic heterocycles. The van der Waals surface area contributed by atoms with Crippen molar-refractivity contribution in [3.8, 4) is 0 Å². The number of amides is 1. The van der Waals surface area contributed by atoms with Crippen LogP contribution < -0.4 is 9.80 Å². The van der Waals surface area contributed by atoms with E-state index in [1.54, 1.807) is 0 Å². The molecule has 1 aliphatic heterocycles. The second kappa shape index (κ2) is 11.3. The van der Waals surface area contributed by atoms with Gasteiger partial charge in [-0.25, -0.2) is 0 Å². The minimum Gasteiger partial charge on any atom is -0.311 e. The van der Waals surface area contributed by atoms with Crippen molar-refractivity contribution in [2.45, 2.75) is 0 Å². The molecule has 0 bridgehead atoms. The average molecular weight is 524 g/mol. The Bertz CT molecular complexity index is 1540. The lowest BCUT2D eigenvalue weighted by atomic mass is 10.1. The molecular weight excluding hydrogens is 498 g/mol. The zero-order chi connectivity index (χ0) is 26.4. The molecule has 5 aromatic carbocycles. The quantitative estimate of drug-likeness (QED) is 0.208. The molecule has 0 fully saturated rings. The third kappa shape index (κ3) is 5.40. The van der Waals surface area contributed by atoms with Crippen molar-refractivity contribution < 1.29 is 4.79 Å². The molecule has 0 unspecified atom stereocenters. The largest absolute Gasteiger partial charge is 0.311 e. The van der Waals surface area contributed by atoms with E-state index < -0.39 is 0 Å². The molecule has 1 aliphatic rings. The number of anilines is 5. The molecule has 4 nitrogen and oxygen atoms in total. The molecule has 1 amide bonds. The summed E-state index contributed by atoms with van der Waals surface area (Å²) in [5.74, 6) is -0.230. The Morgan fingerprint density at radius 1 is 0.487 bits per heavy atom. The van der Waals surface area contributed by atoms with E-state index in [1.165, 1.54) is 11.8 Å². The molecule has 0 saturated heterocycles. The monoisotopic (exact) mass is 523 g/mol. The summed E-state index contributed by atoms with van der Waals surface area (Å²) in [6.45, 7) is 0. The Morgan fingerprint density at radius 2 is 0.872 bits per heavy atom. The van der Waals surface area contributed by atoms with Crippen molar-refractivity contribution in [2.75, 3.05) is 9.80 Å². The van der Waals surface area contributed by atoms with E-state index in [-0.39, 0.29) is 5.91 Å². The fraction of sp³-hybridized carbons (Fsp3) is 0. The van der Waals surface area contributed by atoms with Crippen LogP contribution in [0.15, 0.2) is 155 Å². The third-order valence-corrected chi connectivity index (χ3v) is 7.28. The van der Waals surface area contributed by atoms with Crippen molar-refractivity contribution in [1.29, 1.82) is 0 Å². The van der Waals surface area contributed by atoms with Crippen molar-refractivity contribution in [2.24, 2.45) is 4.99 Å². The fourth-order valence-corrected chi connectivity index (χ4v) is 5.45. The van der Waals surface area contributed by atoms with Crippen LogP contribution in [-0.4, -0.2) is 11.1 Å². The molecule has 0 aliphatic carbocycles. The standard InChI is InChI=1S/C34H25N3OS/c38-33-32(39-34(35-33)37(29-17-9-3-10-18-29)30-19-11-4-12-20-30)25-26-21-23-31(24-22-26)36(27-13-5-1-6-14-27)28-15-7-2-8-16-28/h1-25H/b32-25+. The Kier molecular flexibility index (Phi) is 7.06. The fourth-order valence-electron chi connectivity index (χ4n) is 4.49. The van der Waals surface area contributed by atoms with Gasteiger partial charge in [-0.2, -0.15) is 4.99 Å². The number of para-hydroxylation sites is 4. The highest BCUT2D eigenvalue weighted by Crippen LogP contribution is 2.38. The lowest BCUT2D eigenvalue weighted by molar-refractivity contribution is -0.113. The van der Waals surface area contributed by atoms with Crippen LogP contribution in [0.5, 0.6) is 0 Å². The van der Waals surface area contributed by atoms with Gasteiger partial charge in [0, 0.05) is 28.4 Å². The lowest BCUT2D eigenvalue weighted by Crippen LogP contribution is -2.21. The van der Waals surface area contributed by atoms with E-state index in [4.69, 9.17) is 0 Å². The van der Waals surface area contributed by atoms with Crippen LogP contribution in [-0.2, 0) is 4.79 Å². The van der Waals surface area contributed by atoms with Gasteiger partial charge in [-0.15, -0.1) is 0 Å². The first-order valence-corrected chi connectivity index (χ1v) is 13.5. The number of benzene rings is 5. The van der Waals surface area contributed by atoms with Crippen LogP contribution in [0.25, 0.3) is 6.08 Å². The van der Waals surface area contributed by atoms with Gasteiger partial charge in [-0.3, -0.25) is 9.69 Å². The number of hydrogen-bond donors (Lipinski definition) is 0. The zero-order valence-electron chi connectivity index (χ0n) is 21.1. The SMILES string of the molecule is O=C1N=C(N(c2ccccc2)c2ccccc2)S/C1=C/c1ccc(N(c2ccccc2)c2ccccc2)cc1. The first-order chi connectivity index (χ1) is 19.3. The highest BCUT2D eigenvalue weighted by atomic mass is 32.2. The summed E-state index contributed by atoms with van der Waals surface area (Å²) in [4.78, 5) is 22.3. The molecule has 5 heteroatoms. The smallest absolute Gasteiger partial charge is 0.286 e. The highest BCUT2D eigenvalue weighted by Gasteiger charge is 2.28. The summed E-state index contributed by atoms with van der Waals surface area (Å²) in [5.41, 5.74) is 6.05. The minimum absolute atomic E-state index is 0.230. The van der Waals surface area contributed by atoms with Crippen LogP contribution in [0.1, 0.15) is 5.56 Å². The van der Waals surface area contributed by atoms with Gasteiger partial charge in [0.2, 0.25) is 0 Å². The third-order valence-electron chi connectivity index (χ3n) is 6.31. The average Bonchev–Trinajstić information content (AvgIpc) is 3.35. The van der Waals surface area contributed by atoms with Crippen LogP contribution in [0.3, 0.4) is 0 Å². The molecular formula is C34H25N3OS. The normalized spacial score (nSPS) is 13.8. The number of carbonyl (C=O) groups is 1. The summed E-state index contributed by atoms with van der Waals surface area (Å²) in [6, 6.07) is 48.8. The Labute approximate surface area is 232 Å². The number of rotatable bonds is 6. The molecule has 5 aromatic rings. The summed E-state index contributed by atoms with van der Waals surface area (Å²) >= 11 is 1.39. The van der Waals surface area contributed by atoms with E-state index in [9.17, 15) is 4.79 Å². The van der Waals surface area contributed by atoms with E-state index in [0.717, 1.165) is 34.0 Å². The molecule has 188 valence electrons. The first-order valence-electron chi connectivity index (χ1n) is 12.7. The molecule has 0 atom stereocenters. The maximum Gasteiger partial charge on any atom is 0.286 e. The number of amidine groups is 1. The van der Waals surface area contributed by atoms with Gasteiger partial charge >= 0.3 is 0 Å². The van der Waals surface area contributed by atoms with Gasteiger partial charge in [0.05, 0.1) is 4.91 Å². The van der Waals surface area contributed by atoms with Crippen molar-refractivity contribution in [1.82, 2.24) is 0 Å². The van der Waals surface area contributed by atoms with Gasteiger partial charge in [0.15, 0.2) is 5.17 Å². The summed E-state index contributed by atoms with van der Waals surface area (Å²) < 4.78 is 0. The van der Waals surface area contributed by atoms with Crippen molar-refractivity contribution >= 4 is 57.3 Å². The molecule has 0 radical (unpaired) electrons. The predicted molar refractivity (Wildman–Crippen MR) is 164 cm³/mol. The number of carbonyl (C=O) groups excluding carboxylic acids is 1. The van der Waals surface area contributed by atoms with Crippen LogP contribution >= 0.6 is 11.8 Å². The van der Waals surface area contributed by atoms with Crippen molar-refractivity contribution in [3.05, 3.63) is 156 Å². The van der Waals surface area contributed by atoms with Crippen LogP contribution in [0.2, 0.25) is 0 Å². The Hall–Kier alpha value is -4.87. The lowest BCUT2D eigenvalue weighted by Gasteiger charge is -2.25. The highest BCUT2D eigenvalue weighted by molar-refractivity contribution is 8.18. The Morgan fingerprint density at radius 3 is 1.31 bits per heavy atom. The zero-order valence-corrected chi connectivity index (χ0v) is 21.9. The van der Waals surface area contributed by atoms with Crippen LogP contribution in [0, 0.1) is 0 Å². The van der Waals surface area contributed by atoms with Gasteiger partial charge in [0.1, 0.15) is 0 Å². The summed E-state index contributed by atoms with van der Waals surface area (Å²) in [5, 5.41) is 0.639. The molecule has 39 heavy (non-hydrogen) atoms. The number of hydrogen-bond acceptors (Lipinski definition) is 4. The maximum atomic E-state index is 13.0. The molecule has 1 heterocycles. The maximum absolute atomic E-state index is 13.0. The van der Waals surface area contributed by atoms with E-state index in [1.807, 2.05) is 120 Å². The topological polar surface area (TPSA) is 35.9 Å². The number of thioether (sulfide) groups is 1. The van der Waals surface area contributed by atoms with E-state index in [2.05, 4.69) is 46.3 Å². The summed E-state index contributed by atoms with van der Waals surface area (Å²) in [6.07, 6.45) is 1.91. The first kappa shape index (κ1) is 24.5. The second-order valence-corrected chi connectivity index (χ2v) is 9.92. The number of nitrogens with zero attached hydrogens (tertiary/aromatic N) is 3. The molecule has 6 rings (SSSR count).